The molecule has 1 rings (SSSR count). The van der Waals surface area contributed by atoms with E-state index >= 15 is 0 Å². The lowest BCUT2D eigenvalue weighted by molar-refractivity contribution is 0.0843. The fourth-order valence-electron chi connectivity index (χ4n) is 1.21. The zero-order chi connectivity index (χ0) is 12.9. The van der Waals surface area contributed by atoms with Gasteiger partial charge in [0.25, 0.3) is 0 Å². The van der Waals surface area contributed by atoms with E-state index in [1.54, 1.807) is 31.2 Å². The fourth-order valence-corrected chi connectivity index (χ4v) is 2.35. The molecular weight excluding hydrogens is 238 g/mol. The second-order valence-corrected chi connectivity index (χ2v) is 5.31. The first kappa shape index (κ1) is 13.7. The Kier molecular flexibility index (Phi) is 4.70. The highest BCUT2D eigenvalue weighted by Crippen LogP contribution is 2.10. The maximum Gasteiger partial charge on any atom is 0.242 e. The minimum atomic E-state index is -3.55. The first-order chi connectivity index (χ1) is 7.95. The van der Waals surface area contributed by atoms with Crippen LogP contribution >= 0.6 is 0 Å². The van der Waals surface area contributed by atoms with Crippen molar-refractivity contribution < 1.29 is 13.2 Å². The van der Waals surface area contributed by atoms with Crippen LogP contribution < -0.4 is 4.72 Å². The summed E-state index contributed by atoms with van der Waals surface area (Å²) in [5.74, 6) is 2.27. The van der Waals surface area contributed by atoms with Crippen molar-refractivity contribution in [1.29, 1.82) is 0 Å². The van der Waals surface area contributed by atoms with Crippen LogP contribution in [0.2, 0.25) is 0 Å². The maximum absolute atomic E-state index is 11.9. The van der Waals surface area contributed by atoms with Gasteiger partial charge in [-0.3, -0.25) is 0 Å². The van der Waals surface area contributed by atoms with E-state index in [9.17, 15) is 8.42 Å². The van der Waals surface area contributed by atoms with E-state index < -0.39 is 16.3 Å². The molecule has 0 saturated heterocycles. The molecule has 1 unspecified atom stereocenters. The molecule has 0 heterocycles. The standard InChI is InChI=1S/C12H15NO3S/c1-4-9-16-11(3)13-17(14,15)12-7-5-10(2)6-8-12/h1,5-8,11,13H,9H2,2-3H3. The summed E-state index contributed by atoms with van der Waals surface area (Å²) in [5.41, 5.74) is 1.00. The molecule has 0 aliphatic heterocycles. The molecule has 0 spiro atoms. The Labute approximate surface area is 102 Å². The van der Waals surface area contributed by atoms with Gasteiger partial charge in [0.1, 0.15) is 12.8 Å². The van der Waals surface area contributed by atoms with E-state index in [4.69, 9.17) is 11.2 Å². The summed E-state index contributed by atoms with van der Waals surface area (Å²) < 4.78 is 31.2. The molecule has 0 saturated carbocycles. The van der Waals surface area contributed by atoms with Gasteiger partial charge in [-0.05, 0) is 26.0 Å². The summed E-state index contributed by atoms with van der Waals surface area (Å²) >= 11 is 0. The topological polar surface area (TPSA) is 55.4 Å². The van der Waals surface area contributed by atoms with Gasteiger partial charge in [0.2, 0.25) is 10.0 Å². The minimum absolute atomic E-state index is 0.0670. The van der Waals surface area contributed by atoms with Gasteiger partial charge in [-0.2, -0.15) is 4.72 Å². The Morgan fingerprint density at radius 1 is 1.41 bits per heavy atom. The molecule has 0 aliphatic carbocycles. The van der Waals surface area contributed by atoms with Crippen LogP contribution in [0.15, 0.2) is 29.2 Å². The normalized spacial score (nSPS) is 13.0. The molecule has 5 heteroatoms. The number of hydrogen-bond donors (Lipinski definition) is 1. The minimum Gasteiger partial charge on any atom is -0.350 e. The molecule has 4 nitrogen and oxygen atoms in total. The van der Waals surface area contributed by atoms with Gasteiger partial charge in [0.15, 0.2) is 0 Å². The summed E-state index contributed by atoms with van der Waals surface area (Å²) in [6.45, 7) is 3.54. The van der Waals surface area contributed by atoms with Gasteiger partial charge in [-0.15, -0.1) is 6.42 Å². The molecule has 0 bridgehead atoms. The van der Waals surface area contributed by atoms with Gasteiger partial charge in [0.05, 0.1) is 4.90 Å². The molecule has 0 aromatic heterocycles. The summed E-state index contributed by atoms with van der Waals surface area (Å²) in [6.07, 6.45) is 4.36. The maximum atomic E-state index is 11.9. The number of benzene rings is 1. The van der Waals surface area contributed by atoms with Crippen LogP contribution in [-0.2, 0) is 14.8 Å². The Hall–Kier alpha value is -1.35. The van der Waals surface area contributed by atoms with Crippen LogP contribution in [0.4, 0.5) is 0 Å². The average molecular weight is 253 g/mol. The number of terminal acetylenes is 1. The molecule has 92 valence electrons. The van der Waals surface area contributed by atoms with Crippen LogP contribution in [0, 0.1) is 19.3 Å². The summed E-state index contributed by atoms with van der Waals surface area (Å²) in [6, 6.07) is 6.57. The van der Waals surface area contributed by atoms with Gasteiger partial charge in [-0.1, -0.05) is 23.6 Å². The van der Waals surface area contributed by atoms with Crippen molar-refractivity contribution >= 4 is 10.0 Å². The third-order valence-corrected chi connectivity index (χ3v) is 3.60. The highest BCUT2D eigenvalue weighted by Gasteiger charge is 2.16. The Morgan fingerprint density at radius 3 is 2.53 bits per heavy atom. The molecule has 1 N–H and O–H groups in total. The predicted octanol–water partition coefficient (Wildman–Crippen LogP) is 1.27. The predicted molar refractivity (Wildman–Crippen MR) is 65.7 cm³/mol. The molecule has 0 amide bonds. The van der Waals surface area contributed by atoms with Crippen molar-refractivity contribution in [1.82, 2.24) is 4.72 Å². The number of sulfonamides is 1. The van der Waals surface area contributed by atoms with E-state index in [-0.39, 0.29) is 11.5 Å². The van der Waals surface area contributed by atoms with E-state index in [1.807, 2.05) is 6.92 Å². The molecule has 0 fully saturated rings. The fraction of sp³-hybridized carbons (Fsp3) is 0.333. The summed E-state index contributed by atoms with van der Waals surface area (Å²) in [4.78, 5) is 0.208. The quantitative estimate of drug-likeness (QED) is 0.635. The first-order valence-electron chi connectivity index (χ1n) is 5.10. The first-order valence-corrected chi connectivity index (χ1v) is 6.58. The number of ether oxygens (including phenoxy) is 1. The third-order valence-electron chi connectivity index (χ3n) is 2.07. The van der Waals surface area contributed by atoms with E-state index in [1.165, 1.54) is 0 Å². The Morgan fingerprint density at radius 2 is 2.00 bits per heavy atom. The van der Waals surface area contributed by atoms with Gasteiger partial charge >= 0.3 is 0 Å². The van der Waals surface area contributed by atoms with Crippen LogP contribution in [-0.4, -0.2) is 21.3 Å². The smallest absolute Gasteiger partial charge is 0.242 e. The molecule has 1 aromatic carbocycles. The Balaban J connectivity index is 2.75. The van der Waals surface area contributed by atoms with Crippen molar-refractivity contribution in [2.45, 2.75) is 25.0 Å². The second-order valence-electron chi connectivity index (χ2n) is 3.59. The van der Waals surface area contributed by atoms with Crippen LogP contribution in [0.5, 0.6) is 0 Å². The van der Waals surface area contributed by atoms with Gasteiger partial charge < -0.3 is 4.74 Å². The highest BCUT2D eigenvalue weighted by molar-refractivity contribution is 7.89. The number of aryl methyl sites for hydroxylation is 1. The highest BCUT2D eigenvalue weighted by atomic mass is 32.2. The van der Waals surface area contributed by atoms with E-state index in [2.05, 4.69) is 10.6 Å². The van der Waals surface area contributed by atoms with Gasteiger partial charge in [0, 0.05) is 0 Å². The average Bonchev–Trinajstić information content (AvgIpc) is 2.26. The van der Waals surface area contributed by atoms with Gasteiger partial charge in [-0.25, -0.2) is 8.42 Å². The Bertz CT molecular complexity index is 500. The van der Waals surface area contributed by atoms with E-state index in [0.29, 0.717) is 0 Å². The lowest BCUT2D eigenvalue weighted by Crippen LogP contribution is -2.34. The SMILES string of the molecule is C#CCOC(C)NS(=O)(=O)c1ccc(C)cc1. The van der Waals surface area contributed by atoms with Crippen LogP contribution in [0.3, 0.4) is 0 Å². The van der Waals surface area contributed by atoms with Crippen molar-refractivity contribution in [2.75, 3.05) is 6.61 Å². The monoisotopic (exact) mass is 253 g/mol. The van der Waals surface area contributed by atoms with Crippen LogP contribution in [0.1, 0.15) is 12.5 Å². The molecule has 1 aromatic rings. The molecule has 0 aliphatic rings. The largest absolute Gasteiger partial charge is 0.350 e. The number of hydrogen-bond acceptors (Lipinski definition) is 3. The second kappa shape index (κ2) is 5.82. The number of rotatable bonds is 5. The number of nitrogens with one attached hydrogen (secondary N) is 1. The molecule has 0 radical (unpaired) electrons. The van der Waals surface area contributed by atoms with Crippen molar-refractivity contribution in [3.63, 3.8) is 0 Å². The summed E-state index contributed by atoms with van der Waals surface area (Å²) in [5, 5.41) is 0. The lowest BCUT2D eigenvalue weighted by Gasteiger charge is -2.13. The zero-order valence-corrected chi connectivity index (χ0v) is 10.6. The van der Waals surface area contributed by atoms with Crippen LogP contribution in [0.25, 0.3) is 0 Å². The molecule has 1 atom stereocenters. The summed E-state index contributed by atoms with van der Waals surface area (Å²) in [7, 11) is -3.55. The van der Waals surface area contributed by atoms with E-state index in [0.717, 1.165) is 5.56 Å². The third kappa shape index (κ3) is 4.19. The zero-order valence-electron chi connectivity index (χ0n) is 9.80. The molecular formula is C12H15NO3S. The molecule has 17 heavy (non-hydrogen) atoms. The van der Waals surface area contributed by atoms with Crippen molar-refractivity contribution in [3.8, 4) is 12.3 Å². The lowest BCUT2D eigenvalue weighted by atomic mass is 10.2. The van der Waals surface area contributed by atoms with Crippen molar-refractivity contribution in [3.05, 3.63) is 29.8 Å². The van der Waals surface area contributed by atoms with Crippen molar-refractivity contribution in [2.24, 2.45) is 0 Å².